The molecule has 106 valence electrons. The Balaban J connectivity index is 2.06. The molecule has 2 heterocycles. The third-order valence-electron chi connectivity index (χ3n) is 2.65. The number of aromatic nitrogens is 4. The smallest absolute Gasteiger partial charge is 0.356 e. The maximum atomic E-state index is 13.3. The van der Waals surface area contributed by atoms with Gasteiger partial charge in [0.25, 0.3) is 5.89 Å². The molecule has 0 fully saturated rings. The van der Waals surface area contributed by atoms with Crippen molar-refractivity contribution in [2.75, 3.05) is 0 Å². The van der Waals surface area contributed by atoms with Gasteiger partial charge in [0.15, 0.2) is 5.69 Å². The van der Waals surface area contributed by atoms with Crippen LogP contribution in [0.1, 0.15) is 10.5 Å². The van der Waals surface area contributed by atoms with Crippen LogP contribution in [0.3, 0.4) is 0 Å². The molecule has 0 saturated carbocycles. The summed E-state index contributed by atoms with van der Waals surface area (Å²) in [6, 6.07) is 4.04. The molecule has 0 unspecified atom stereocenters. The number of carboxylic acid groups (broad SMARTS) is 1. The van der Waals surface area contributed by atoms with E-state index in [1.54, 1.807) is 0 Å². The second kappa shape index (κ2) is 5.09. The number of carbonyl (C=O) groups is 1. The first-order valence-corrected chi connectivity index (χ1v) is 6.41. The fraction of sp³-hybridized carbons (Fsp3) is 0. The number of nitrogens with one attached hydrogen (secondary N) is 1. The Labute approximate surface area is 125 Å². The average molecular weight is 353 g/mol. The third kappa shape index (κ3) is 2.42. The molecule has 0 aliphatic rings. The Kier molecular flexibility index (Phi) is 3.26. The SMILES string of the molecule is O=C(O)c1nc[nH]c1-c1nc(-c2cc(F)ccc2Br)no1. The number of aromatic carboxylic acids is 1. The van der Waals surface area contributed by atoms with Crippen LogP contribution in [0.15, 0.2) is 33.5 Å². The van der Waals surface area contributed by atoms with Crippen LogP contribution in [0.2, 0.25) is 0 Å². The number of imidazole rings is 1. The van der Waals surface area contributed by atoms with E-state index in [0.717, 1.165) is 0 Å². The molecule has 3 aromatic rings. The molecule has 0 saturated heterocycles. The lowest BCUT2D eigenvalue weighted by Gasteiger charge is -1.98. The Bertz CT molecular complexity index is 830. The first-order chi connectivity index (χ1) is 10.1. The lowest BCUT2D eigenvalue weighted by molar-refractivity contribution is 0.0691. The molecule has 0 aliphatic heterocycles. The standard InChI is InChI=1S/C12H6BrFN4O3/c13-7-2-1-5(14)3-6(7)10-17-11(21-18-10)8-9(12(19)20)16-4-15-8/h1-4H,(H,15,16)(H,19,20). The highest BCUT2D eigenvalue weighted by molar-refractivity contribution is 9.10. The van der Waals surface area contributed by atoms with Crippen LogP contribution >= 0.6 is 15.9 Å². The third-order valence-corrected chi connectivity index (χ3v) is 3.34. The van der Waals surface area contributed by atoms with Gasteiger partial charge in [-0.05, 0) is 18.2 Å². The highest BCUT2D eigenvalue weighted by Crippen LogP contribution is 2.29. The lowest BCUT2D eigenvalue weighted by Crippen LogP contribution is -1.99. The molecule has 21 heavy (non-hydrogen) atoms. The van der Waals surface area contributed by atoms with Crippen molar-refractivity contribution in [1.82, 2.24) is 20.1 Å². The molecule has 7 nitrogen and oxygen atoms in total. The Hall–Kier alpha value is -2.55. The summed E-state index contributed by atoms with van der Waals surface area (Å²) >= 11 is 3.26. The summed E-state index contributed by atoms with van der Waals surface area (Å²) in [4.78, 5) is 21.3. The minimum Gasteiger partial charge on any atom is -0.476 e. The van der Waals surface area contributed by atoms with E-state index in [2.05, 4.69) is 36.0 Å². The first-order valence-electron chi connectivity index (χ1n) is 5.62. The van der Waals surface area contributed by atoms with Gasteiger partial charge in [0.2, 0.25) is 5.82 Å². The zero-order valence-corrected chi connectivity index (χ0v) is 11.8. The van der Waals surface area contributed by atoms with Crippen molar-refractivity contribution in [2.45, 2.75) is 0 Å². The molecule has 2 N–H and O–H groups in total. The largest absolute Gasteiger partial charge is 0.476 e. The number of aromatic amines is 1. The normalized spacial score (nSPS) is 10.8. The van der Waals surface area contributed by atoms with E-state index in [0.29, 0.717) is 10.0 Å². The van der Waals surface area contributed by atoms with Crippen LogP contribution in [-0.4, -0.2) is 31.2 Å². The summed E-state index contributed by atoms with van der Waals surface area (Å²) < 4.78 is 18.9. The predicted molar refractivity (Wildman–Crippen MR) is 71.9 cm³/mol. The topological polar surface area (TPSA) is 105 Å². The van der Waals surface area contributed by atoms with Gasteiger partial charge in [-0.3, -0.25) is 0 Å². The van der Waals surface area contributed by atoms with Crippen molar-refractivity contribution >= 4 is 21.9 Å². The number of hydrogen-bond donors (Lipinski definition) is 2. The quantitative estimate of drug-likeness (QED) is 0.750. The van der Waals surface area contributed by atoms with Crippen molar-refractivity contribution in [3.05, 3.63) is 40.5 Å². The van der Waals surface area contributed by atoms with Gasteiger partial charge in [-0.25, -0.2) is 14.2 Å². The number of carboxylic acids is 1. The zero-order chi connectivity index (χ0) is 15.0. The van der Waals surface area contributed by atoms with E-state index in [1.807, 2.05) is 0 Å². The van der Waals surface area contributed by atoms with Crippen LogP contribution in [0.5, 0.6) is 0 Å². The highest BCUT2D eigenvalue weighted by Gasteiger charge is 2.21. The number of benzene rings is 1. The molecule has 0 atom stereocenters. The first kappa shape index (κ1) is 13.4. The molecule has 2 aromatic heterocycles. The maximum absolute atomic E-state index is 13.3. The van der Waals surface area contributed by atoms with Crippen LogP contribution in [0, 0.1) is 5.82 Å². The van der Waals surface area contributed by atoms with Crippen molar-refractivity contribution in [2.24, 2.45) is 0 Å². The van der Waals surface area contributed by atoms with Gasteiger partial charge in [-0.2, -0.15) is 4.98 Å². The van der Waals surface area contributed by atoms with Gasteiger partial charge < -0.3 is 14.6 Å². The number of H-pyrrole nitrogens is 1. The Morgan fingerprint density at radius 1 is 1.43 bits per heavy atom. The zero-order valence-electron chi connectivity index (χ0n) is 10.2. The molecule has 9 heteroatoms. The van der Waals surface area contributed by atoms with Crippen LogP contribution in [0.4, 0.5) is 4.39 Å². The van der Waals surface area contributed by atoms with Crippen molar-refractivity contribution in [1.29, 1.82) is 0 Å². The molecule has 0 spiro atoms. The van der Waals surface area contributed by atoms with E-state index in [1.165, 1.54) is 24.5 Å². The van der Waals surface area contributed by atoms with Gasteiger partial charge in [0, 0.05) is 10.0 Å². The van der Waals surface area contributed by atoms with Crippen LogP contribution in [-0.2, 0) is 0 Å². The molecule has 0 bridgehead atoms. The molecule has 1 aromatic carbocycles. The lowest BCUT2D eigenvalue weighted by atomic mass is 10.2. The maximum Gasteiger partial charge on any atom is 0.356 e. The fourth-order valence-corrected chi connectivity index (χ4v) is 2.15. The molecule has 0 amide bonds. The monoisotopic (exact) mass is 352 g/mol. The van der Waals surface area contributed by atoms with Gasteiger partial charge in [-0.15, -0.1) is 0 Å². The van der Waals surface area contributed by atoms with E-state index in [4.69, 9.17) is 9.63 Å². The van der Waals surface area contributed by atoms with Crippen molar-refractivity contribution < 1.29 is 18.8 Å². The Morgan fingerprint density at radius 2 is 2.24 bits per heavy atom. The summed E-state index contributed by atoms with van der Waals surface area (Å²) in [5.41, 5.74) is 0.249. The van der Waals surface area contributed by atoms with E-state index >= 15 is 0 Å². The van der Waals surface area contributed by atoms with Crippen LogP contribution in [0.25, 0.3) is 23.0 Å². The molecule has 3 rings (SSSR count). The fourth-order valence-electron chi connectivity index (χ4n) is 1.72. The molecular weight excluding hydrogens is 347 g/mol. The number of nitrogens with zero attached hydrogens (tertiary/aromatic N) is 3. The van der Waals surface area contributed by atoms with Gasteiger partial charge in [0.05, 0.1) is 6.33 Å². The molecule has 0 aliphatic carbocycles. The van der Waals surface area contributed by atoms with E-state index in [9.17, 15) is 9.18 Å². The summed E-state index contributed by atoms with van der Waals surface area (Å²) in [5, 5.41) is 12.7. The predicted octanol–water partition coefficient (Wildman–Crippen LogP) is 2.73. The summed E-state index contributed by atoms with van der Waals surface area (Å²) in [7, 11) is 0. The summed E-state index contributed by atoms with van der Waals surface area (Å²) in [6.07, 6.45) is 1.21. The van der Waals surface area contributed by atoms with Crippen molar-refractivity contribution in [3.63, 3.8) is 0 Å². The van der Waals surface area contributed by atoms with E-state index in [-0.39, 0.29) is 23.1 Å². The van der Waals surface area contributed by atoms with Crippen LogP contribution < -0.4 is 0 Å². The average Bonchev–Trinajstić information content (AvgIpc) is 3.08. The second-order valence-electron chi connectivity index (χ2n) is 3.98. The summed E-state index contributed by atoms with van der Waals surface area (Å²) in [5.74, 6) is -1.59. The Morgan fingerprint density at radius 3 is 3.00 bits per heavy atom. The molecule has 0 radical (unpaired) electrons. The van der Waals surface area contributed by atoms with Gasteiger partial charge in [-0.1, -0.05) is 21.1 Å². The molecular formula is C12H6BrFN4O3. The highest BCUT2D eigenvalue weighted by atomic mass is 79.9. The van der Waals surface area contributed by atoms with Gasteiger partial charge >= 0.3 is 5.97 Å². The second-order valence-corrected chi connectivity index (χ2v) is 4.83. The van der Waals surface area contributed by atoms with Crippen molar-refractivity contribution in [3.8, 4) is 23.0 Å². The van der Waals surface area contributed by atoms with E-state index < -0.39 is 11.8 Å². The number of rotatable bonds is 3. The number of halogens is 2. The minimum absolute atomic E-state index is 0.0453. The summed E-state index contributed by atoms with van der Waals surface area (Å²) in [6.45, 7) is 0. The minimum atomic E-state index is -1.22. The van der Waals surface area contributed by atoms with Gasteiger partial charge in [0.1, 0.15) is 11.5 Å². The number of hydrogen-bond acceptors (Lipinski definition) is 5.